The summed E-state index contributed by atoms with van der Waals surface area (Å²) >= 11 is 0. The van der Waals surface area contributed by atoms with Gasteiger partial charge in [-0.1, -0.05) is 0 Å². The fourth-order valence-electron chi connectivity index (χ4n) is 3.83. The maximum atomic E-state index is 11.6. The van der Waals surface area contributed by atoms with Crippen LogP contribution in [0.4, 0.5) is 11.6 Å². The van der Waals surface area contributed by atoms with Crippen LogP contribution in [0.25, 0.3) is 10.9 Å². The minimum absolute atomic E-state index is 0.393. The summed E-state index contributed by atoms with van der Waals surface area (Å²) in [5, 5.41) is 12.0. The van der Waals surface area contributed by atoms with E-state index in [1.807, 2.05) is 37.6 Å². The Labute approximate surface area is 164 Å². The van der Waals surface area contributed by atoms with Gasteiger partial charge in [0.2, 0.25) is 5.95 Å². The molecule has 0 radical (unpaired) electrons. The highest BCUT2D eigenvalue weighted by molar-refractivity contribution is 6.02. The maximum absolute atomic E-state index is 11.6. The summed E-state index contributed by atoms with van der Waals surface area (Å²) < 4.78 is 1.75. The molecule has 1 aliphatic heterocycles. The minimum atomic E-state index is 0.393. The molecule has 28 heavy (non-hydrogen) atoms. The molecular formula is C20H25N7O. The van der Waals surface area contributed by atoms with Crippen molar-refractivity contribution in [2.24, 2.45) is 7.05 Å². The van der Waals surface area contributed by atoms with Crippen LogP contribution in [0.2, 0.25) is 0 Å². The number of hydrogen-bond acceptors (Lipinski definition) is 7. The molecule has 1 aromatic carbocycles. The number of carbonyl (C=O) groups is 1. The molecule has 1 aliphatic rings. The summed E-state index contributed by atoms with van der Waals surface area (Å²) in [4.78, 5) is 23.0. The number of fused-ring (bicyclic) bond motifs is 1. The molecule has 8 nitrogen and oxygen atoms in total. The average molecular weight is 379 g/mol. The molecule has 1 saturated heterocycles. The zero-order chi connectivity index (χ0) is 19.7. The van der Waals surface area contributed by atoms with Gasteiger partial charge in [-0.2, -0.15) is 5.10 Å². The van der Waals surface area contributed by atoms with Crippen molar-refractivity contribution in [2.45, 2.75) is 32.5 Å². The Morgan fingerprint density at radius 3 is 2.71 bits per heavy atom. The molecule has 146 valence electrons. The number of aromatic nitrogens is 4. The Morgan fingerprint density at radius 2 is 2.04 bits per heavy atom. The van der Waals surface area contributed by atoms with E-state index in [0.717, 1.165) is 36.1 Å². The SMILES string of the molecule is CC1CN(c2ccc(C=O)c3nc(NCc4ccn(C)n4)ncc23)C[C@@H](C)N1. The number of carbonyl (C=O) groups excluding carboxylic acids is 1. The largest absolute Gasteiger partial charge is 0.368 e. The summed E-state index contributed by atoms with van der Waals surface area (Å²) in [5.74, 6) is 0.487. The molecular weight excluding hydrogens is 354 g/mol. The summed E-state index contributed by atoms with van der Waals surface area (Å²) in [6.45, 7) is 6.69. The molecule has 4 rings (SSSR count). The molecule has 0 amide bonds. The predicted octanol–water partition coefficient (Wildman–Crippen LogP) is 1.97. The van der Waals surface area contributed by atoms with Crippen molar-refractivity contribution in [3.63, 3.8) is 0 Å². The van der Waals surface area contributed by atoms with Crippen molar-refractivity contribution in [2.75, 3.05) is 23.3 Å². The molecule has 2 N–H and O–H groups in total. The summed E-state index contributed by atoms with van der Waals surface area (Å²) in [7, 11) is 1.88. The highest BCUT2D eigenvalue weighted by atomic mass is 16.1. The van der Waals surface area contributed by atoms with Gasteiger partial charge in [0.15, 0.2) is 6.29 Å². The Balaban J connectivity index is 1.66. The molecule has 3 heterocycles. The van der Waals surface area contributed by atoms with Crippen molar-refractivity contribution >= 4 is 28.8 Å². The molecule has 1 fully saturated rings. The lowest BCUT2D eigenvalue weighted by Gasteiger charge is -2.38. The van der Waals surface area contributed by atoms with Crippen LogP contribution in [0, 0.1) is 0 Å². The second-order valence-electron chi connectivity index (χ2n) is 7.46. The van der Waals surface area contributed by atoms with Gasteiger partial charge in [-0.05, 0) is 32.0 Å². The number of piperazine rings is 1. The summed E-state index contributed by atoms with van der Waals surface area (Å²) in [6.07, 6.45) is 4.55. The summed E-state index contributed by atoms with van der Waals surface area (Å²) in [5.41, 5.74) is 3.21. The third kappa shape index (κ3) is 3.68. The fraction of sp³-hybridized carbons (Fsp3) is 0.400. The van der Waals surface area contributed by atoms with Gasteiger partial charge < -0.3 is 15.5 Å². The molecule has 2 atom stereocenters. The molecule has 1 unspecified atom stereocenters. The average Bonchev–Trinajstić information content (AvgIpc) is 3.09. The number of nitrogens with zero attached hydrogens (tertiary/aromatic N) is 5. The Hall–Kier alpha value is -3.00. The number of benzene rings is 1. The number of nitrogens with one attached hydrogen (secondary N) is 2. The molecule has 0 spiro atoms. The van der Waals surface area contributed by atoms with Gasteiger partial charge in [-0.15, -0.1) is 0 Å². The van der Waals surface area contributed by atoms with Crippen LogP contribution >= 0.6 is 0 Å². The molecule has 0 aliphatic carbocycles. The van der Waals surface area contributed by atoms with Gasteiger partial charge in [0.25, 0.3) is 0 Å². The highest BCUT2D eigenvalue weighted by Crippen LogP contribution is 2.29. The first-order valence-electron chi connectivity index (χ1n) is 9.52. The second-order valence-corrected chi connectivity index (χ2v) is 7.46. The molecule has 8 heteroatoms. The third-order valence-electron chi connectivity index (χ3n) is 4.98. The van der Waals surface area contributed by atoms with Crippen molar-refractivity contribution < 1.29 is 4.79 Å². The van der Waals surface area contributed by atoms with Gasteiger partial charge >= 0.3 is 0 Å². The van der Waals surface area contributed by atoms with E-state index >= 15 is 0 Å². The van der Waals surface area contributed by atoms with E-state index in [1.165, 1.54) is 0 Å². The molecule has 0 bridgehead atoms. The van der Waals surface area contributed by atoms with E-state index < -0.39 is 0 Å². The van der Waals surface area contributed by atoms with Gasteiger partial charge in [0.05, 0.1) is 17.8 Å². The van der Waals surface area contributed by atoms with E-state index in [9.17, 15) is 4.79 Å². The monoisotopic (exact) mass is 379 g/mol. The van der Waals surface area contributed by atoms with Gasteiger partial charge in [0.1, 0.15) is 0 Å². The number of aryl methyl sites for hydroxylation is 1. The first-order chi connectivity index (χ1) is 13.5. The first kappa shape index (κ1) is 18.4. The highest BCUT2D eigenvalue weighted by Gasteiger charge is 2.23. The van der Waals surface area contributed by atoms with Crippen LogP contribution < -0.4 is 15.5 Å². The zero-order valence-corrected chi connectivity index (χ0v) is 16.4. The Kier molecular flexibility index (Phi) is 4.95. The van der Waals surface area contributed by atoms with Crippen LogP contribution in [0.3, 0.4) is 0 Å². The van der Waals surface area contributed by atoms with Crippen LogP contribution in [0.15, 0.2) is 30.6 Å². The number of anilines is 2. The smallest absolute Gasteiger partial charge is 0.223 e. The normalized spacial score (nSPS) is 19.8. The molecule has 0 saturated carbocycles. The van der Waals surface area contributed by atoms with Gasteiger partial charge in [0, 0.05) is 61.3 Å². The van der Waals surface area contributed by atoms with Crippen LogP contribution in [-0.4, -0.2) is 51.2 Å². The lowest BCUT2D eigenvalue weighted by atomic mass is 10.1. The second kappa shape index (κ2) is 7.55. The lowest BCUT2D eigenvalue weighted by Crippen LogP contribution is -2.54. The predicted molar refractivity (Wildman–Crippen MR) is 110 cm³/mol. The Bertz CT molecular complexity index is 989. The zero-order valence-electron chi connectivity index (χ0n) is 16.4. The molecule has 3 aromatic rings. The van der Waals surface area contributed by atoms with Crippen molar-refractivity contribution in [3.8, 4) is 0 Å². The standard InChI is InChI=1S/C20H25N7O/c1-13-10-27(11-14(2)23-13)18-5-4-15(12-28)19-17(18)9-22-20(24-19)21-8-16-6-7-26(3)25-16/h4-7,9,12-14,23H,8,10-11H2,1-3H3,(H,21,22,24)/t13-,14?/m1/s1. The minimum Gasteiger partial charge on any atom is -0.368 e. The molecule has 2 aromatic heterocycles. The van der Waals surface area contributed by atoms with Gasteiger partial charge in [-0.25, -0.2) is 9.97 Å². The van der Waals surface area contributed by atoms with E-state index in [4.69, 9.17) is 0 Å². The van der Waals surface area contributed by atoms with Gasteiger partial charge in [-0.3, -0.25) is 9.48 Å². The third-order valence-corrected chi connectivity index (χ3v) is 4.98. The first-order valence-corrected chi connectivity index (χ1v) is 9.52. The topological polar surface area (TPSA) is 88.0 Å². The van der Waals surface area contributed by atoms with Crippen molar-refractivity contribution in [1.29, 1.82) is 0 Å². The number of rotatable bonds is 5. The van der Waals surface area contributed by atoms with E-state index in [1.54, 1.807) is 4.68 Å². The van der Waals surface area contributed by atoms with Crippen molar-refractivity contribution in [1.82, 2.24) is 25.1 Å². The van der Waals surface area contributed by atoms with E-state index in [2.05, 4.69) is 44.4 Å². The maximum Gasteiger partial charge on any atom is 0.223 e. The van der Waals surface area contributed by atoms with Crippen LogP contribution in [0.5, 0.6) is 0 Å². The number of hydrogen-bond donors (Lipinski definition) is 2. The van der Waals surface area contributed by atoms with E-state index in [-0.39, 0.29) is 0 Å². The fourth-order valence-corrected chi connectivity index (χ4v) is 3.83. The quantitative estimate of drug-likeness (QED) is 0.655. The van der Waals surface area contributed by atoms with E-state index in [0.29, 0.717) is 35.7 Å². The Morgan fingerprint density at radius 1 is 1.25 bits per heavy atom. The van der Waals surface area contributed by atoms with Crippen LogP contribution in [0.1, 0.15) is 29.9 Å². The van der Waals surface area contributed by atoms with Crippen molar-refractivity contribution in [3.05, 3.63) is 41.9 Å². The lowest BCUT2D eigenvalue weighted by molar-refractivity contribution is 0.112. The summed E-state index contributed by atoms with van der Waals surface area (Å²) in [6, 6.07) is 6.57. The number of aldehydes is 1. The van der Waals surface area contributed by atoms with Crippen LogP contribution in [-0.2, 0) is 13.6 Å².